The van der Waals surface area contributed by atoms with E-state index < -0.39 is 35.8 Å². The van der Waals surface area contributed by atoms with Crippen LogP contribution in [-0.4, -0.2) is 35.8 Å². The van der Waals surface area contributed by atoms with Gasteiger partial charge < -0.3 is 20.5 Å². The van der Waals surface area contributed by atoms with E-state index in [4.69, 9.17) is 16.7 Å². The fraction of sp³-hybridized carbons (Fsp3) is 0.250. The van der Waals surface area contributed by atoms with E-state index in [2.05, 4.69) is 15.4 Å². The van der Waals surface area contributed by atoms with E-state index in [1.54, 1.807) is 36.4 Å². The van der Waals surface area contributed by atoms with Gasteiger partial charge in [-0.25, -0.2) is 0 Å². The van der Waals surface area contributed by atoms with Crippen molar-refractivity contribution in [2.45, 2.75) is 51.3 Å². The molecule has 246 valence electrons. The van der Waals surface area contributed by atoms with Crippen LogP contribution in [0, 0.1) is 6.92 Å². The highest BCUT2D eigenvalue weighted by Gasteiger charge is 2.33. The predicted molar refractivity (Wildman–Crippen MR) is 175 cm³/mol. The third kappa shape index (κ3) is 9.83. The van der Waals surface area contributed by atoms with Crippen LogP contribution in [0.2, 0.25) is 5.02 Å². The Balaban J connectivity index is 1.64. The summed E-state index contributed by atoms with van der Waals surface area (Å²) < 4.78 is 42.6. The number of hydrogen-bond acceptors (Lipinski definition) is 4. The van der Waals surface area contributed by atoms with Crippen LogP contribution in [0.1, 0.15) is 65.1 Å². The Morgan fingerprint density at radius 2 is 1.53 bits per heavy atom. The van der Waals surface area contributed by atoms with Gasteiger partial charge >= 0.3 is 12.3 Å². The van der Waals surface area contributed by atoms with Crippen LogP contribution in [0.25, 0.3) is 11.1 Å². The molecule has 0 aliphatic heterocycles. The van der Waals surface area contributed by atoms with Crippen LogP contribution in [0.5, 0.6) is 5.75 Å². The molecule has 0 radical (unpaired) electrons. The molecule has 2 amide bonds. The van der Waals surface area contributed by atoms with Crippen molar-refractivity contribution < 1.29 is 37.4 Å². The summed E-state index contributed by atoms with van der Waals surface area (Å²) >= 11 is 6.11. The Hall–Kier alpha value is -4.83. The smallest absolute Gasteiger partial charge is 0.481 e. The second-order valence-corrected chi connectivity index (χ2v) is 11.5. The number of aliphatic carboxylic acids is 1. The number of nitrogens with one attached hydrogen (secondary N) is 2. The summed E-state index contributed by atoms with van der Waals surface area (Å²) in [4.78, 5) is 37.4. The third-order valence-electron chi connectivity index (χ3n) is 7.63. The van der Waals surface area contributed by atoms with Gasteiger partial charge in [-0.1, -0.05) is 67.4 Å². The van der Waals surface area contributed by atoms with E-state index in [1.165, 1.54) is 24.3 Å². The van der Waals surface area contributed by atoms with Crippen LogP contribution in [-0.2, 0) is 9.59 Å². The van der Waals surface area contributed by atoms with Crippen LogP contribution < -0.4 is 15.4 Å². The second kappa shape index (κ2) is 15.6. The quantitative estimate of drug-likeness (QED) is 0.132. The minimum Gasteiger partial charge on any atom is -0.481 e. The van der Waals surface area contributed by atoms with Crippen LogP contribution in [0.15, 0.2) is 91.0 Å². The summed E-state index contributed by atoms with van der Waals surface area (Å²) in [5.74, 6) is -3.45. The van der Waals surface area contributed by atoms with Crippen LogP contribution in [0.4, 0.5) is 18.9 Å². The molecule has 2 atom stereocenters. The molecule has 0 heterocycles. The summed E-state index contributed by atoms with van der Waals surface area (Å²) in [5, 5.41) is 15.0. The molecule has 11 heteroatoms. The summed E-state index contributed by atoms with van der Waals surface area (Å²) in [6.07, 6.45) is -3.83. The lowest BCUT2D eigenvalue weighted by Crippen LogP contribution is -2.27. The monoisotopic (exact) mass is 666 g/mol. The van der Waals surface area contributed by atoms with Gasteiger partial charge in [0.15, 0.2) is 0 Å². The van der Waals surface area contributed by atoms with Gasteiger partial charge in [-0.3, -0.25) is 14.4 Å². The molecule has 1 unspecified atom stereocenters. The van der Waals surface area contributed by atoms with Crippen molar-refractivity contribution >= 4 is 35.1 Å². The molecule has 0 saturated heterocycles. The Labute approximate surface area is 275 Å². The Morgan fingerprint density at radius 3 is 2.11 bits per heavy atom. The third-order valence-corrected chi connectivity index (χ3v) is 7.87. The molecule has 4 rings (SSSR count). The van der Waals surface area contributed by atoms with Crippen molar-refractivity contribution in [1.82, 2.24) is 5.32 Å². The molecule has 47 heavy (non-hydrogen) atoms. The lowest BCUT2D eigenvalue weighted by Gasteiger charge is -2.28. The fourth-order valence-corrected chi connectivity index (χ4v) is 5.68. The SMILES string of the molecule is CCCC(c1ccc(C(=O)NCCC(=O)O)cc1)[C@H](C(=O)Nc1ccc(-c2ccc(Cl)cc2C)cc1)c1ccc(OC(F)(F)F)cc1. The molecule has 0 saturated carbocycles. The number of carboxylic acids is 1. The summed E-state index contributed by atoms with van der Waals surface area (Å²) in [6, 6.07) is 24.9. The molecule has 4 aromatic rings. The minimum absolute atomic E-state index is 0.0229. The number of alkyl halides is 3. The molecule has 3 N–H and O–H groups in total. The Bertz CT molecular complexity index is 1690. The standard InChI is InChI=1S/C36H34ClF3N2O5/c1-3-4-31(24-5-7-26(8-6-24)34(45)41-20-19-32(43)44)33(25-11-16-29(17-12-25)47-36(38,39)40)35(46)42-28-14-9-23(10-15-28)30-18-13-27(37)21-22(30)2/h5-18,21,31,33H,3-4,19-20H2,1-2H3,(H,41,45)(H,42,46)(H,43,44)/t31?,33-/m1/s1. The van der Waals surface area contributed by atoms with Gasteiger partial charge in [-0.15, -0.1) is 13.2 Å². The minimum atomic E-state index is -4.86. The summed E-state index contributed by atoms with van der Waals surface area (Å²) in [7, 11) is 0. The number of benzene rings is 4. The van der Waals surface area contributed by atoms with E-state index >= 15 is 0 Å². The number of aryl methyl sites for hydroxylation is 1. The molecular formula is C36H34ClF3N2O5. The average Bonchev–Trinajstić information content (AvgIpc) is 3.01. The number of ether oxygens (including phenoxy) is 1. The van der Waals surface area contributed by atoms with Crippen LogP contribution >= 0.6 is 11.6 Å². The van der Waals surface area contributed by atoms with Gasteiger partial charge in [0, 0.05) is 22.8 Å². The predicted octanol–water partition coefficient (Wildman–Crippen LogP) is 8.72. The molecule has 0 fully saturated rings. The van der Waals surface area contributed by atoms with E-state index in [-0.39, 0.29) is 18.9 Å². The molecule has 0 aliphatic rings. The van der Waals surface area contributed by atoms with Crippen molar-refractivity contribution in [3.8, 4) is 16.9 Å². The van der Waals surface area contributed by atoms with E-state index in [9.17, 15) is 27.6 Å². The largest absolute Gasteiger partial charge is 0.573 e. The Morgan fingerprint density at radius 1 is 0.894 bits per heavy atom. The van der Waals surface area contributed by atoms with E-state index in [0.717, 1.165) is 22.3 Å². The zero-order valence-electron chi connectivity index (χ0n) is 25.7. The van der Waals surface area contributed by atoms with Gasteiger partial charge in [0.25, 0.3) is 5.91 Å². The zero-order valence-corrected chi connectivity index (χ0v) is 26.5. The van der Waals surface area contributed by atoms with Gasteiger partial charge in [-0.05, 0) is 95.6 Å². The van der Waals surface area contributed by atoms with Gasteiger partial charge in [0.05, 0.1) is 12.3 Å². The highest BCUT2D eigenvalue weighted by atomic mass is 35.5. The van der Waals surface area contributed by atoms with E-state index in [1.807, 2.05) is 44.2 Å². The molecular weight excluding hydrogens is 633 g/mol. The lowest BCUT2D eigenvalue weighted by molar-refractivity contribution is -0.274. The number of anilines is 1. The van der Waals surface area contributed by atoms with E-state index in [0.29, 0.717) is 34.7 Å². The van der Waals surface area contributed by atoms with Crippen LogP contribution in [0.3, 0.4) is 0 Å². The Kier molecular flexibility index (Phi) is 11.7. The number of halogens is 4. The number of carbonyl (C=O) groups is 3. The normalized spacial score (nSPS) is 12.6. The molecule has 0 aliphatic carbocycles. The van der Waals surface area contributed by atoms with Crippen molar-refractivity contribution in [2.24, 2.45) is 0 Å². The van der Waals surface area contributed by atoms with Crippen molar-refractivity contribution in [1.29, 1.82) is 0 Å². The molecule has 4 aromatic carbocycles. The highest BCUT2D eigenvalue weighted by molar-refractivity contribution is 6.30. The number of hydrogen-bond donors (Lipinski definition) is 3. The molecule has 0 spiro atoms. The highest BCUT2D eigenvalue weighted by Crippen LogP contribution is 2.39. The molecule has 7 nitrogen and oxygen atoms in total. The van der Waals surface area contributed by atoms with Crippen molar-refractivity contribution in [2.75, 3.05) is 11.9 Å². The second-order valence-electron chi connectivity index (χ2n) is 11.0. The van der Waals surface area contributed by atoms with Crippen molar-refractivity contribution in [3.05, 3.63) is 118 Å². The summed E-state index contributed by atoms with van der Waals surface area (Å²) in [5.41, 5.74) is 5.02. The zero-order chi connectivity index (χ0) is 34.1. The maximum Gasteiger partial charge on any atom is 0.573 e. The lowest BCUT2D eigenvalue weighted by atomic mass is 9.78. The fourth-order valence-electron chi connectivity index (χ4n) is 5.45. The molecule has 0 aromatic heterocycles. The summed E-state index contributed by atoms with van der Waals surface area (Å²) in [6.45, 7) is 3.90. The van der Waals surface area contributed by atoms with Crippen molar-refractivity contribution in [3.63, 3.8) is 0 Å². The van der Waals surface area contributed by atoms with Gasteiger partial charge in [0.1, 0.15) is 5.75 Å². The first-order valence-corrected chi connectivity index (χ1v) is 15.4. The number of amides is 2. The first-order chi connectivity index (χ1) is 22.3. The maximum atomic E-state index is 14.1. The van der Waals surface area contributed by atoms with Gasteiger partial charge in [-0.2, -0.15) is 0 Å². The maximum absolute atomic E-state index is 14.1. The number of rotatable bonds is 13. The number of carboxylic acid groups (broad SMARTS) is 1. The number of carbonyl (C=O) groups excluding carboxylic acids is 2. The first-order valence-electron chi connectivity index (χ1n) is 15.0. The van der Waals surface area contributed by atoms with Gasteiger partial charge in [0.2, 0.25) is 5.91 Å². The first kappa shape index (κ1) is 35.0. The average molecular weight is 667 g/mol. The molecule has 0 bridgehead atoms. The topological polar surface area (TPSA) is 105 Å².